The molecular weight excluding hydrogens is 235 g/mol. The Kier molecular flexibility index (Phi) is 4.95. The molecule has 0 amide bonds. The van der Waals surface area contributed by atoms with E-state index in [1.54, 1.807) is 24.3 Å². The smallest absolute Gasteiger partial charge is 0.138 e. The minimum absolute atomic E-state index is 0.0394. The number of ether oxygens (including phenoxy) is 1. The van der Waals surface area contributed by atoms with Crippen LogP contribution in [0.4, 0.5) is 0 Å². The van der Waals surface area contributed by atoms with Gasteiger partial charge >= 0.3 is 0 Å². The van der Waals surface area contributed by atoms with Crippen LogP contribution in [0.5, 0.6) is 5.75 Å². The van der Waals surface area contributed by atoms with E-state index in [9.17, 15) is 0 Å². The fraction of sp³-hybridized carbons (Fsp3) is 0.273. The van der Waals surface area contributed by atoms with Gasteiger partial charge in [-0.15, -0.1) is 0 Å². The van der Waals surface area contributed by atoms with Gasteiger partial charge in [0.05, 0.1) is 11.6 Å². The van der Waals surface area contributed by atoms with E-state index in [-0.39, 0.29) is 6.61 Å². The second-order valence-corrected chi connectivity index (χ2v) is 3.94. The number of benzene rings is 1. The van der Waals surface area contributed by atoms with Crippen LogP contribution in [0.1, 0.15) is 6.92 Å². The summed E-state index contributed by atoms with van der Waals surface area (Å²) in [5.41, 5.74) is 0.861. The van der Waals surface area contributed by atoms with Gasteiger partial charge in [0.25, 0.3) is 0 Å². The standard InChI is InChI=1S/C11H12Cl2O2/c1-8(7-14)4-5-15-11-3-2-9(12)6-10(11)13/h2-4,6,14H,5,7H2,1H3/b8-4+. The maximum absolute atomic E-state index is 8.76. The largest absolute Gasteiger partial charge is 0.488 e. The van der Waals surface area contributed by atoms with E-state index < -0.39 is 0 Å². The normalized spacial score (nSPS) is 11.6. The van der Waals surface area contributed by atoms with Crippen LogP contribution in [-0.4, -0.2) is 18.3 Å². The molecule has 0 aliphatic heterocycles. The van der Waals surface area contributed by atoms with Crippen LogP contribution in [-0.2, 0) is 0 Å². The number of aliphatic hydroxyl groups excluding tert-OH is 1. The Morgan fingerprint density at radius 1 is 1.47 bits per heavy atom. The Hall–Kier alpha value is -0.700. The molecule has 0 aliphatic rings. The quantitative estimate of drug-likeness (QED) is 0.827. The summed E-state index contributed by atoms with van der Waals surface area (Å²) in [6.45, 7) is 2.25. The Balaban J connectivity index is 2.58. The maximum Gasteiger partial charge on any atom is 0.138 e. The van der Waals surface area contributed by atoms with Crippen LogP contribution in [0.3, 0.4) is 0 Å². The van der Waals surface area contributed by atoms with Crippen molar-refractivity contribution in [3.8, 4) is 5.75 Å². The molecule has 0 fully saturated rings. The Morgan fingerprint density at radius 3 is 2.80 bits per heavy atom. The van der Waals surface area contributed by atoms with Crippen LogP contribution in [0.25, 0.3) is 0 Å². The highest BCUT2D eigenvalue weighted by Gasteiger charge is 2.00. The zero-order chi connectivity index (χ0) is 11.3. The zero-order valence-corrected chi connectivity index (χ0v) is 9.85. The van der Waals surface area contributed by atoms with Crippen molar-refractivity contribution >= 4 is 23.2 Å². The predicted octanol–water partition coefficient (Wildman–Crippen LogP) is 3.31. The van der Waals surface area contributed by atoms with E-state index in [1.807, 2.05) is 6.92 Å². The summed E-state index contributed by atoms with van der Waals surface area (Å²) in [6.07, 6.45) is 1.80. The van der Waals surface area contributed by atoms with Crippen molar-refractivity contribution in [3.05, 3.63) is 39.9 Å². The third-order valence-electron chi connectivity index (χ3n) is 1.81. The highest BCUT2D eigenvalue weighted by molar-refractivity contribution is 6.35. The molecule has 2 nitrogen and oxygen atoms in total. The second kappa shape index (κ2) is 6.01. The van der Waals surface area contributed by atoms with Gasteiger partial charge < -0.3 is 9.84 Å². The first-order valence-corrected chi connectivity index (χ1v) is 5.23. The minimum atomic E-state index is 0.0394. The van der Waals surface area contributed by atoms with Gasteiger partial charge in [0.1, 0.15) is 12.4 Å². The monoisotopic (exact) mass is 246 g/mol. The van der Waals surface area contributed by atoms with Gasteiger partial charge in [0.2, 0.25) is 0 Å². The van der Waals surface area contributed by atoms with E-state index in [0.717, 1.165) is 5.57 Å². The first-order chi connectivity index (χ1) is 7.13. The van der Waals surface area contributed by atoms with Crippen molar-refractivity contribution in [1.29, 1.82) is 0 Å². The molecule has 1 N–H and O–H groups in total. The molecule has 1 aromatic rings. The van der Waals surface area contributed by atoms with Gasteiger partial charge in [-0.25, -0.2) is 0 Å². The minimum Gasteiger partial charge on any atom is -0.488 e. The fourth-order valence-corrected chi connectivity index (χ4v) is 1.39. The van der Waals surface area contributed by atoms with Gasteiger partial charge in [-0.05, 0) is 36.8 Å². The lowest BCUT2D eigenvalue weighted by atomic mass is 10.3. The second-order valence-electron chi connectivity index (χ2n) is 3.09. The van der Waals surface area contributed by atoms with Crippen LogP contribution in [0.15, 0.2) is 29.8 Å². The van der Waals surface area contributed by atoms with Gasteiger partial charge in [0, 0.05) is 5.02 Å². The average molecular weight is 247 g/mol. The molecule has 0 atom stereocenters. The Labute approximate surface area is 99.1 Å². The SMILES string of the molecule is C/C(=C\COc1ccc(Cl)cc1Cl)CO. The number of rotatable bonds is 4. The molecule has 15 heavy (non-hydrogen) atoms. The summed E-state index contributed by atoms with van der Waals surface area (Å²) in [5, 5.41) is 9.82. The Bertz CT molecular complexity index is 362. The van der Waals surface area contributed by atoms with Crippen molar-refractivity contribution in [2.45, 2.75) is 6.92 Å². The number of halogens is 2. The van der Waals surface area contributed by atoms with Gasteiger partial charge in [0.15, 0.2) is 0 Å². The molecule has 0 saturated heterocycles. The summed E-state index contributed by atoms with van der Waals surface area (Å²) < 4.78 is 5.39. The third kappa shape index (κ3) is 4.12. The first-order valence-electron chi connectivity index (χ1n) is 4.48. The lowest BCUT2D eigenvalue weighted by Gasteiger charge is -2.06. The molecule has 0 saturated carbocycles. The van der Waals surface area contributed by atoms with Gasteiger partial charge in [-0.3, -0.25) is 0 Å². The molecule has 4 heteroatoms. The topological polar surface area (TPSA) is 29.5 Å². The summed E-state index contributed by atoms with van der Waals surface area (Å²) in [6, 6.07) is 5.05. The summed E-state index contributed by atoms with van der Waals surface area (Å²) in [5.74, 6) is 0.586. The highest BCUT2D eigenvalue weighted by atomic mass is 35.5. The lowest BCUT2D eigenvalue weighted by Crippen LogP contribution is -1.96. The van der Waals surface area contributed by atoms with Crippen molar-refractivity contribution in [1.82, 2.24) is 0 Å². The maximum atomic E-state index is 8.76. The van der Waals surface area contributed by atoms with E-state index >= 15 is 0 Å². The molecule has 82 valence electrons. The molecular formula is C11H12Cl2O2. The molecule has 1 rings (SSSR count). The molecule has 0 unspecified atom stereocenters. The Morgan fingerprint density at radius 2 is 2.20 bits per heavy atom. The van der Waals surface area contributed by atoms with Crippen molar-refractivity contribution in [2.24, 2.45) is 0 Å². The van der Waals surface area contributed by atoms with E-state index in [1.165, 1.54) is 0 Å². The van der Waals surface area contributed by atoms with E-state index in [0.29, 0.717) is 22.4 Å². The first kappa shape index (κ1) is 12.4. The summed E-state index contributed by atoms with van der Waals surface area (Å²) >= 11 is 11.6. The van der Waals surface area contributed by atoms with Crippen LogP contribution < -0.4 is 4.74 Å². The molecule has 0 radical (unpaired) electrons. The summed E-state index contributed by atoms with van der Waals surface area (Å²) in [4.78, 5) is 0. The average Bonchev–Trinajstić information content (AvgIpc) is 2.21. The number of aliphatic hydroxyl groups is 1. The van der Waals surface area contributed by atoms with Crippen molar-refractivity contribution in [2.75, 3.05) is 13.2 Å². The van der Waals surface area contributed by atoms with Gasteiger partial charge in [-0.1, -0.05) is 23.2 Å². The van der Waals surface area contributed by atoms with E-state index in [4.69, 9.17) is 33.0 Å². The molecule has 0 aliphatic carbocycles. The van der Waals surface area contributed by atoms with Gasteiger partial charge in [-0.2, -0.15) is 0 Å². The fourth-order valence-electron chi connectivity index (χ4n) is 0.931. The molecule has 0 aromatic heterocycles. The highest BCUT2D eigenvalue weighted by Crippen LogP contribution is 2.27. The molecule has 0 spiro atoms. The predicted molar refractivity (Wildman–Crippen MR) is 62.8 cm³/mol. The third-order valence-corrected chi connectivity index (χ3v) is 2.34. The number of hydrogen-bond donors (Lipinski definition) is 1. The van der Waals surface area contributed by atoms with Crippen molar-refractivity contribution < 1.29 is 9.84 Å². The lowest BCUT2D eigenvalue weighted by molar-refractivity contribution is 0.325. The number of hydrogen-bond acceptors (Lipinski definition) is 2. The summed E-state index contributed by atoms with van der Waals surface area (Å²) in [7, 11) is 0. The zero-order valence-electron chi connectivity index (χ0n) is 8.34. The molecule has 0 bridgehead atoms. The van der Waals surface area contributed by atoms with Crippen LogP contribution >= 0.6 is 23.2 Å². The van der Waals surface area contributed by atoms with Crippen molar-refractivity contribution in [3.63, 3.8) is 0 Å². The van der Waals surface area contributed by atoms with Crippen LogP contribution in [0.2, 0.25) is 10.0 Å². The van der Waals surface area contributed by atoms with E-state index in [2.05, 4.69) is 0 Å². The van der Waals surface area contributed by atoms with Crippen LogP contribution in [0, 0.1) is 0 Å². The molecule has 1 aromatic carbocycles. The molecule has 0 heterocycles.